The summed E-state index contributed by atoms with van der Waals surface area (Å²) in [5.74, 6) is 0.730. The van der Waals surface area contributed by atoms with E-state index in [1.807, 2.05) is 0 Å². The maximum Gasteiger partial charge on any atom is -0.0146 e. The normalized spacial score (nSPS) is 12.7. The van der Waals surface area contributed by atoms with Crippen molar-refractivity contribution in [3.05, 3.63) is 47.0 Å². The van der Waals surface area contributed by atoms with Gasteiger partial charge in [0.05, 0.1) is 0 Å². The van der Waals surface area contributed by atoms with Crippen LogP contribution in [0.5, 0.6) is 0 Å². The first-order valence-corrected chi connectivity index (χ1v) is 9.67. The molecule has 0 amide bonds. The van der Waals surface area contributed by atoms with Crippen molar-refractivity contribution in [3.8, 4) is 0 Å². The molecule has 0 fully saturated rings. The molecule has 1 unspecified atom stereocenters. The molecule has 0 aliphatic carbocycles. The van der Waals surface area contributed by atoms with Crippen molar-refractivity contribution in [2.45, 2.75) is 85.0 Å². The third-order valence-electron chi connectivity index (χ3n) is 5.14. The van der Waals surface area contributed by atoms with Gasteiger partial charge in [0.15, 0.2) is 0 Å². The van der Waals surface area contributed by atoms with Gasteiger partial charge in [-0.2, -0.15) is 0 Å². The van der Waals surface area contributed by atoms with Crippen LogP contribution in [0.4, 0.5) is 0 Å². The van der Waals surface area contributed by atoms with Crippen LogP contribution in [0.25, 0.3) is 10.8 Å². The van der Waals surface area contributed by atoms with E-state index in [0.29, 0.717) is 0 Å². The summed E-state index contributed by atoms with van der Waals surface area (Å²) in [5.41, 5.74) is 4.46. The maximum atomic E-state index is 2.35. The van der Waals surface area contributed by atoms with Crippen LogP contribution in [0.15, 0.2) is 30.3 Å². The predicted octanol–water partition coefficient (Wildman–Crippen LogP) is 7.70. The van der Waals surface area contributed by atoms with Gasteiger partial charge in [-0.25, -0.2) is 0 Å². The van der Waals surface area contributed by atoms with Crippen LogP contribution in [0, 0.1) is 13.8 Å². The van der Waals surface area contributed by atoms with Gasteiger partial charge in [-0.05, 0) is 54.5 Å². The fourth-order valence-electron chi connectivity index (χ4n) is 3.90. The smallest absolute Gasteiger partial charge is 0.0146 e. The van der Waals surface area contributed by atoms with Crippen LogP contribution in [-0.4, -0.2) is 0 Å². The van der Waals surface area contributed by atoms with Crippen molar-refractivity contribution in [1.82, 2.24) is 0 Å². The summed E-state index contributed by atoms with van der Waals surface area (Å²) in [6, 6.07) is 11.6. The van der Waals surface area contributed by atoms with Crippen molar-refractivity contribution in [3.63, 3.8) is 0 Å². The SMILES string of the molecule is CCCCCCCC(CCC)c1c(C)ccc2cc(C)ccc12. The molecule has 0 radical (unpaired) electrons. The molecule has 0 saturated carbocycles. The molecule has 0 heterocycles. The number of hydrogen-bond donors (Lipinski definition) is 0. The average Bonchev–Trinajstić information content (AvgIpc) is 2.54. The van der Waals surface area contributed by atoms with Crippen molar-refractivity contribution in [2.75, 3.05) is 0 Å². The quantitative estimate of drug-likeness (QED) is 0.416. The van der Waals surface area contributed by atoms with E-state index in [2.05, 4.69) is 58.0 Å². The van der Waals surface area contributed by atoms with Crippen LogP contribution in [0.3, 0.4) is 0 Å². The second-order valence-corrected chi connectivity index (χ2v) is 7.21. The average molecular weight is 311 g/mol. The van der Waals surface area contributed by atoms with Gasteiger partial charge in [0.1, 0.15) is 0 Å². The van der Waals surface area contributed by atoms with Gasteiger partial charge in [-0.3, -0.25) is 0 Å². The molecule has 0 nitrogen and oxygen atoms in total. The lowest BCUT2D eigenvalue weighted by Gasteiger charge is -2.21. The minimum absolute atomic E-state index is 0.730. The van der Waals surface area contributed by atoms with Crippen molar-refractivity contribution in [2.24, 2.45) is 0 Å². The Balaban J connectivity index is 2.23. The molecule has 2 rings (SSSR count). The Morgan fingerprint density at radius 1 is 0.783 bits per heavy atom. The molecule has 126 valence electrons. The number of aryl methyl sites for hydroxylation is 2. The standard InChI is InChI=1S/C23H34/c1-5-7-8-9-10-12-20(11-6-2)23-19(4)14-15-21-17-18(3)13-16-22(21)23/h13-17,20H,5-12H2,1-4H3. The summed E-state index contributed by atoms with van der Waals surface area (Å²) in [5, 5.41) is 2.90. The Bertz CT molecular complexity index is 609. The van der Waals surface area contributed by atoms with Gasteiger partial charge < -0.3 is 0 Å². The van der Waals surface area contributed by atoms with Crippen LogP contribution in [-0.2, 0) is 0 Å². The summed E-state index contributed by atoms with van der Waals surface area (Å²) in [4.78, 5) is 0. The second-order valence-electron chi connectivity index (χ2n) is 7.21. The number of unbranched alkanes of at least 4 members (excludes halogenated alkanes) is 4. The fraction of sp³-hybridized carbons (Fsp3) is 0.565. The number of benzene rings is 2. The second kappa shape index (κ2) is 9.11. The molecule has 0 N–H and O–H groups in total. The van der Waals surface area contributed by atoms with Crippen LogP contribution >= 0.6 is 0 Å². The minimum atomic E-state index is 0.730. The van der Waals surface area contributed by atoms with E-state index < -0.39 is 0 Å². The highest BCUT2D eigenvalue weighted by molar-refractivity contribution is 5.87. The maximum absolute atomic E-state index is 2.35. The first-order valence-electron chi connectivity index (χ1n) is 9.67. The van der Waals surface area contributed by atoms with E-state index in [-0.39, 0.29) is 0 Å². The highest BCUT2D eigenvalue weighted by Crippen LogP contribution is 2.35. The van der Waals surface area contributed by atoms with Gasteiger partial charge in [0.25, 0.3) is 0 Å². The number of rotatable bonds is 9. The van der Waals surface area contributed by atoms with Crippen LogP contribution in [0.1, 0.15) is 87.8 Å². The van der Waals surface area contributed by atoms with E-state index in [0.717, 1.165) is 5.92 Å². The van der Waals surface area contributed by atoms with Crippen LogP contribution in [0.2, 0.25) is 0 Å². The summed E-state index contributed by atoms with van der Waals surface area (Å²) in [6.45, 7) is 9.11. The number of fused-ring (bicyclic) bond motifs is 1. The molecule has 0 aromatic heterocycles. The van der Waals surface area contributed by atoms with Gasteiger partial charge >= 0.3 is 0 Å². The fourth-order valence-corrected chi connectivity index (χ4v) is 3.90. The van der Waals surface area contributed by atoms with E-state index in [1.165, 1.54) is 73.3 Å². The lowest BCUT2D eigenvalue weighted by Crippen LogP contribution is -2.03. The summed E-state index contributed by atoms with van der Waals surface area (Å²) < 4.78 is 0. The Morgan fingerprint density at radius 2 is 1.57 bits per heavy atom. The molecule has 0 spiro atoms. The van der Waals surface area contributed by atoms with Gasteiger partial charge in [-0.15, -0.1) is 0 Å². The third kappa shape index (κ3) is 4.83. The van der Waals surface area contributed by atoms with Crippen molar-refractivity contribution in [1.29, 1.82) is 0 Å². The first-order chi connectivity index (χ1) is 11.2. The predicted molar refractivity (Wildman–Crippen MR) is 104 cm³/mol. The van der Waals surface area contributed by atoms with Crippen molar-refractivity contribution < 1.29 is 0 Å². The van der Waals surface area contributed by atoms with Gasteiger partial charge in [0, 0.05) is 0 Å². The monoisotopic (exact) mass is 310 g/mol. The Hall–Kier alpha value is -1.30. The molecule has 0 bridgehead atoms. The first kappa shape index (κ1) is 18.0. The lowest BCUT2D eigenvalue weighted by atomic mass is 9.83. The molecule has 2 aromatic carbocycles. The van der Waals surface area contributed by atoms with Gasteiger partial charge in [-0.1, -0.05) is 88.3 Å². The molecule has 0 heteroatoms. The van der Waals surface area contributed by atoms with E-state index in [9.17, 15) is 0 Å². The van der Waals surface area contributed by atoms with Crippen molar-refractivity contribution >= 4 is 10.8 Å². The zero-order valence-corrected chi connectivity index (χ0v) is 15.6. The van der Waals surface area contributed by atoms with E-state index >= 15 is 0 Å². The molecule has 0 aliphatic heterocycles. The van der Waals surface area contributed by atoms with E-state index in [4.69, 9.17) is 0 Å². The molecular formula is C23H34. The highest BCUT2D eigenvalue weighted by Gasteiger charge is 2.16. The topological polar surface area (TPSA) is 0 Å². The Morgan fingerprint density at radius 3 is 2.30 bits per heavy atom. The molecule has 0 aliphatic rings. The molecule has 23 heavy (non-hydrogen) atoms. The Labute approximate surface area is 143 Å². The Kier molecular flexibility index (Phi) is 7.15. The van der Waals surface area contributed by atoms with E-state index in [1.54, 1.807) is 5.56 Å². The zero-order chi connectivity index (χ0) is 16.7. The number of hydrogen-bond acceptors (Lipinski definition) is 0. The molecule has 0 saturated heterocycles. The lowest BCUT2D eigenvalue weighted by molar-refractivity contribution is 0.517. The molecular weight excluding hydrogens is 276 g/mol. The zero-order valence-electron chi connectivity index (χ0n) is 15.6. The summed E-state index contributed by atoms with van der Waals surface area (Å²) >= 11 is 0. The van der Waals surface area contributed by atoms with Gasteiger partial charge in [0.2, 0.25) is 0 Å². The van der Waals surface area contributed by atoms with Crippen LogP contribution < -0.4 is 0 Å². The minimum Gasteiger partial charge on any atom is -0.0654 e. The third-order valence-corrected chi connectivity index (χ3v) is 5.14. The summed E-state index contributed by atoms with van der Waals surface area (Å²) in [7, 11) is 0. The highest BCUT2D eigenvalue weighted by atomic mass is 14.2. The largest absolute Gasteiger partial charge is 0.0654 e. The molecule has 2 aromatic rings. The molecule has 1 atom stereocenters. The summed E-state index contributed by atoms with van der Waals surface area (Å²) in [6.07, 6.45) is 10.9.